The van der Waals surface area contributed by atoms with Crippen molar-refractivity contribution in [3.05, 3.63) is 11.6 Å². The van der Waals surface area contributed by atoms with Gasteiger partial charge in [-0.05, 0) is 111 Å². The third kappa shape index (κ3) is 9.63. The zero-order chi connectivity index (χ0) is 57.1. The molecule has 0 amide bonds. The number of aliphatic hydroxyl groups is 13. The summed E-state index contributed by atoms with van der Waals surface area (Å²) in [5.41, 5.74) is -2.19. The molecule has 4 aliphatic heterocycles. The average Bonchev–Trinajstić information content (AvgIpc) is 3.46. The Labute approximate surface area is 453 Å². The first-order valence-corrected chi connectivity index (χ1v) is 27.8. The summed E-state index contributed by atoms with van der Waals surface area (Å²) in [5, 5.41) is 151. The monoisotopic (exact) mass is 1120 g/mol. The van der Waals surface area contributed by atoms with E-state index in [4.69, 9.17) is 37.9 Å². The molecule has 29 atom stereocenters. The summed E-state index contributed by atoms with van der Waals surface area (Å²) >= 11 is 0. The molecule has 0 aromatic heterocycles. The van der Waals surface area contributed by atoms with Crippen LogP contribution >= 0.6 is 0 Å². The summed E-state index contributed by atoms with van der Waals surface area (Å²) in [6.45, 7) is 12.6. The lowest BCUT2D eigenvalue weighted by atomic mass is 9.33. The SMILES string of the molecule is C[C@@H]1O[C@@H](O[C@H]2[C@H](O[C@H]3[C@H](O[C@H]4CC[C@@]5(C)C(CC[C@]6(C)[C@@H]5CC=C5[C@@H]7CC(C)(C)CC[C@]7(C(=O)O[C@@H]7O[C@H](CO)[C@@H](O)[C@H](O)[C@H]7O)CC[C@]56C)[C@@]4(C)CO)O[C@H](C(=O)O)[C@@H](O)[C@@H]3O)O[C@H](CO)[C@H](O)[C@@H]2O)[C@H](O)[C@H](O)[C@H]1O. The normalized spacial score (nSPS) is 54.1. The van der Waals surface area contributed by atoms with Gasteiger partial charge < -0.3 is 109 Å². The summed E-state index contributed by atoms with van der Waals surface area (Å²) in [4.78, 5) is 27.4. The van der Waals surface area contributed by atoms with Crippen molar-refractivity contribution in [2.45, 2.75) is 242 Å². The van der Waals surface area contributed by atoms with Crippen LogP contribution in [0.25, 0.3) is 0 Å². The average molecular weight is 1120 g/mol. The van der Waals surface area contributed by atoms with Crippen LogP contribution < -0.4 is 0 Å². The van der Waals surface area contributed by atoms with Crippen LogP contribution in [0.1, 0.15) is 113 Å². The third-order valence-corrected chi connectivity index (χ3v) is 21.5. The van der Waals surface area contributed by atoms with Gasteiger partial charge in [-0.15, -0.1) is 0 Å². The minimum absolute atomic E-state index is 0.0468. The van der Waals surface area contributed by atoms with Crippen LogP contribution in [0.3, 0.4) is 0 Å². The molecule has 4 heterocycles. The van der Waals surface area contributed by atoms with E-state index in [9.17, 15) is 81.1 Å². The number of rotatable bonds is 12. The van der Waals surface area contributed by atoms with Crippen molar-refractivity contribution in [2.75, 3.05) is 19.8 Å². The molecule has 4 saturated heterocycles. The second-order valence-corrected chi connectivity index (χ2v) is 26.1. The van der Waals surface area contributed by atoms with E-state index in [0.717, 1.165) is 6.42 Å². The Bertz CT molecular complexity index is 2200. The van der Waals surface area contributed by atoms with E-state index in [1.54, 1.807) is 0 Å². The minimum Gasteiger partial charge on any atom is -0.479 e. The van der Waals surface area contributed by atoms with Crippen molar-refractivity contribution in [1.82, 2.24) is 0 Å². The summed E-state index contributed by atoms with van der Waals surface area (Å²) in [7, 11) is 0. The molecule has 4 saturated carbocycles. The maximum absolute atomic E-state index is 14.8. The van der Waals surface area contributed by atoms with Crippen molar-refractivity contribution < 1.29 is 119 Å². The highest BCUT2D eigenvalue weighted by atomic mass is 16.8. The van der Waals surface area contributed by atoms with Gasteiger partial charge in [0.15, 0.2) is 25.0 Å². The Hall–Kier alpha value is -2.12. The third-order valence-electron chi connectivity index (χ3n) is 21.5. The van der Waals surface area contributed by atoms with Crippen LogP contribution in [-0.4, -0.2) is 232 Å². The molecule has 9 rings (SSSR count). The number of carbonyl (C=O) groups excluding carboxylic acids is 1. The Balaban J connectivity index is 0.985. The van der Waals surface area contributed by atoms with Gasteiger partial charge in [0.25, 0.3) is 0 Å². The summed E-state index contributed by atoms with van der Waals surface area (Å²) in [5.74, 6) is -2.62. The van der Waals surface area contributed by atoms with Crippen LogP contribution in [0.5, 0.6) is 0 Å². The number of carboxylic acids is 1. The second kappa shape index (κ2) is 21.8. The van der Waals surface area contributed by atoms with Gasteiger partial charge >= 0.3 is 11.9 Å². The van der Waals surface area contributed by atoms with Crippen LogP contribution in [0, 0.1) is 50.2 Å². The van der Waals surface area contributed by atoms with E-state index in [0.29, 0.717) is 57.8 Å². The Morgan fingerprint density at radius 1 is 0.590 bits per heavy atom. The summed E-state index contributed by atoms with van der Waals surface area (Å²) < 4.78 is 47.9. The molecule has 0 bridgehead atoms. The predicted octanol–water partition coefficient (Wildman–Crippen LogP) is -1.94. The van der Waals surface area contributed by atoms with Crippen molar-refractivity contribution in [3.8, 4) is 0 Å². The van der Waals surface area contributed by atoms with Gasteiger partial charge in [0.05, 0.1) is 37.4 Å². The molecule has 0 aromatic carbocycles. The molecule has 24 nitrogen and oxygen atoms in total. The lowest BCUT2D eigenvalue weighted by Gasteiger charge is -2.71. The predicted molar refractivity (Wildman–Crippen MR) is 263 cm³/mol. The van der Waals surface area contributed by atoms with E-state index in [-0.39, 0.29) is 28.6 Å². The molecule has 0 spiro atoms. The number of aliphatic carboxylic acids is 1. The molecule has 1 unspecified atom stereocenters. The van der Waals surface area contributed by atoms with E-state index in [1.807, 2.05) is 6.92 Å². The maximum atomic E-state index is 14.8. The fourth-order valence-corrected chi connectivity index (χ4v) is 16.4. The van der Waals surface area contributed by atoms with Gasteiger partial charge in [-0.1, -0.05) is 53.2 Å². The summed E-state index contributed by atoms with van der Waals surface area (Å²) in [6.07, 6.45) is -27.7. The van der Waals surface area contributed by atoms with Crippen molar-refractivity contribution in [3.63, 3.8) is 0 Å². The molecule has 0 aromatic rings. The lowest BCUT2D eigenvalue weighted by molar-refractivity contribution is -0.396. The molecule has 24 heteroatoms. The van der Waals surface area contributed by atoms with Crippen LogP contribution in [0.4, 0.5) is 0 Å². The topological polar surface area (TPSA) is 391 Å². The van der Waals surface area contributed by atoms with Gasteiger partial charge in [0, 0.05) is 5.41 Å². The second-order valence-electron chi connectivity index (χ2n) is 26.1. The number of allylic oxidation sites excluding steroid dienone is 2. The standard InChI is InChI=1S/C54H86O24/c1-22-30(58)33(61)38(66)44(71-22)76-41-35(63)32(60)26(20-56)73-46(41)77-42-37(65)36(64)40(43(68)69)75-47(42)74-29-11-12-50(4)27(51(29,5)21-57)10-13-53(7)28(50)9-8-23-24-18-49(2,3)14-16-54(24,17-15-52(23,53)6)48(70)78-45-39(67)34(62)31(59)25(19-55)72-45/h8,22,24-42,44-47,55-67H,9-21H2,1-7H3,(H,68,69)/t22-,24-,25+,26+,27?,28+,29-,30-,31+,32-,33+,34-,35-,36-,37-,38+,39+,40-,41+,42+,44-,45-,46-,47+,50-,51+,52+,53+,54-/m0/s1. The Kier molecular flexibility index (Phi) is 16.9. The number of fused-ring (bicyclic) bond motifs is 7. The first-order valence-electron chi connectivity index (χ1n) is 27.8. The highest BCUT2D eigenvalue weighted by Crippen LogP contribution is 2.76. The number of carboxylic acid groups (broad SMARTS) is 1. The van der Waals surface area contributed by atoms with E-state index < -0.39 is 182 Å². The molecule has 8 fully saturated rings. The first-order chi connectivity index (χ1) is 36.5. The zero-order valence-electron chi connectivity index (χ0n) is 45.5. The van der Waals surface area contributed by atoms with Crippen LogP contribution in [0.15, 0.2) is 11.6 Å². The number of ether oxygens (including phenoxy) is 8. The minimum atomic E-state index is -2.13. The van der Waals surface area contributed by atoms with Gasteiger partial charge in [-0.2, -0.15) is 0 Å². The fourth-order valence-electron chi connectivity index (χ4n) is 16.4. The molecule has 14 N–H and O–H groups in total. The van der Waals surface area contributed by atoms with E-state index in [2.05, 4.69) is 40.7 Å². The quantitative estimate of drug-likeness (QED) is 0.0574. The van der Waals surface area contributed by atoms with Crippen LogP contribution in [0.2, 0.25) is 0 Å². The highest BCUT2D eigenvalue weighted by molar-refractivity contribution is 5.79. The zero-order valence-corrected chi connectivity index (χ0v) is 45.5. The highest BCUT2D eigenvalue weighted by Gasteiger charge is 2.71. The van der Waals surface area contributed by atoms with Gasteiger partial charge in [-0.25, -0.2) is 4.79 Å². The molecular weight excluding hydrogens is 1030 g/mol. The number of esters is 1. The molecule has 9 aliphatic rings. The molecule has 446 valence electrons. The van der Waals surface area contributed by atoms with Crippen molar-refractivity contribution in [1.29, 1.82) is 0 Å². The van der Waals surface area contributed by atoms with Gasteiger partial charge in [0.1, 0.15) is 85.5 Å². The molecule has 5 aliphatic carbocycles. The molecule has 78 heavy (non-hydrogen) atoms. The molecular formula is C54H86O24. The lowest BCUT2D eigenvalue weighted by Crippen LogP contribution is -2.68. The number of carbonyl (C=O) groups is 2. The number of aliphatic hydroxyl groups excluding tert-OH is 13. The van der Waals surface area contributed by atoms with E-state index in [1.165, 1.54) is 12.5 Å². The Morgan fingerprint density at radius 3 is 1.78 bits per heavy atom. The fraction of sp³-hybridized carbons (Fsp3) is 0.926. The smallest absolute Gasteiger partial charge is 0.335 e. The maximum Gasteiger partial charge on any atom is 0.335 e. The van der Waals surface area contributed by atoms with Gasteiger partial charge in [-0.3, -0.25) is 4.79 Å². The number of hydrogen-bond donors (Lipinski definition) is 14. The molecule has 0 radical (unpaired) electrons. The van der Waals surface area contributed by atoms with Crippen LogP contribution in [-0.2, 0) is 47.5 Å². The van der Waals surface area contributed by atoms with Crippen molar-refractivity contribution >= 4 is 11.9 Å². The Morgan fingerprint density at radius 2 is 1.15 bits per heavy atom. The van der Waals surface area contributed by atoms with Gasteiger partial charge in [0.2, 0.25) is 6.29 Å². The van der Waals surface area contributed by atoms with E-state index >= 15 is 0 Å². The number of hydrogen-bond acceptors (Lipinski definition) is 23. The summed E-state index contributed by atoms with van der Waals surface area (Å²) in [6, 6.07) is 0. The van der Waals surface area contributed by atoms with Crippen molar-refractivity contribution in [2.24, 2.45) is 50.2 Å². The first kappa shape index (κ1) is 60.5. The largest absolute Gasteiger partial charge is 0.479 e.